The van der Waals surface area contributed by atoms with Crippen LogP contribution in [-0.4, -0.2) is 26.5 Å². The maximum atomic E-state index is 13.8. The Bertz CT molecular complexity index is 1070. The molecular weight excluding hydrogens is 357 g/mol. The second-order valence-corrected chi connectivity index (χ2v) is 7.96. The Morgan fingerprint density at radius 2 is 1.88 bits per heavy atom. The number of halogens is 1. The molecule has 1 heterocycles. The van der Waals surface area contributed by atoms with Gasteiger partial charge in [-0.15, -0.1) is 0 Å². The number of hydrogen-bond donors (Lipinski definition) is 0. The van der Waals surface area contributed by atoms with E-state index in [9.17, 15) is 13.4 Å². The summed E-state index contributed by atoms with van der Waals surface area (Å²) in [6, 6.07) is 12.6. The summed E-state index contributed by atoms with van der Waals surface area (Å²) >= 11 is 0. The molecule has 6 nitrogen and oxygen atoms in total. The van der Waals surface area contributed by atoms with E-state index in [1.165, 1.54) is 24.5 Å². The van der Waals surface area contributed by atoms with E-state index in [0.717, 1.165) is 5.56 Å². The lowest BCUT2D eigenvalue weighted by molar-refractivity contribution is -0.117. The van der Waals surface area contributed by atoms with Gasteiger partial charge in [0.25, 0.3) is 5.91 Å². The molecule has 0 bridgehead atoms. The number of amides is 1. The highest BCUT2D eigenvalue weighted by Gasteiger charge is 2.14. The maximum Gasteiger partial charge on any atom is 0.258 e. The molecule has 26 heavy (non-hydrogen) atoms. The average molecular weight is 373 g/mol. The van der Waals surface area contributed by atoms with Crippen LogP contribution in [0.15, 0.2) is 62.3 Å². The first kappa shape index (κ1) is 17.9. The zero-order valence-corrected chi connectivity index (χ0v) is 15.0. The summed E-state index contributed by atoms with van der Waals surface area (Å²) < 4.78 is 35.1. The summed E-state index contributed by atoms with van der Waals surface area (Å²) in [5.74, 6) is -0.301. The third-order valence-corrected chi connectivity index (χ3v) is 5.31. The standard InChI is InChI=1S/C18H16FN3O3S/c1-12-20-18(21-25-12)14-9-7-13(8-10-14)11-17(23)22-26(2,24)16-6-4-3-5-15(16)19/h3-10H,11H2,1-2H3. The van der Waals surface area contributed by atoms with Crippen LogP contribution in [0.5, 0.6) is 0 Å². The second kappa shape index (κ2) is 7.17. The van der Waals surface area contributed by atoms with E-state index >= 15 is 0 Å². The minimum Gasteiger partial charge on any atom is -0.339 e. The molecule has 3 aromatic rings. The summed E-state index contributed by atoms with van der Waals surface area (Å²) in [4.78, 5) is 16.2. The largest absolute Gasteiger partial charge is 0.339 e. The van der Waals surface area contributed by atoms with Crippen molar-refractivity contribution in [3.05, 3.63) is 65.8 Å². The number of nitrogens with zero attached hydrogens (tertiary/aromatic N) is 3. The summed E-state index contributed by atoms with van der Waals surface area (Å²) in [6.07, 6.45) is 1.22. The summed E-state index contributed by atoms with van der Waals surface area (Å²) in [5.41, 5.74) is 1.44. The number of aromatic nitrogens is 2. The van der Waals surface area contributed by atoms with Crippen molar-refractivity contribution in [2.24, 2.45) is 4.36 Å². The van der Waals surface area contributed by atoms with E-state index in [4.69, 9.17) is 4.52 Å². The molecule has 1 unspecified atom stereocenters. The lowest BCUT2D eigenvalue weighted by Crippen LogP contribution is -2.07. The van der Waals surface area contributed by atoms with E-state index in [2.05, 4.69) is 14.5 Å². The minimum absolute atomic E-state index is 0.0369. The van der Waals surface area contributed by atoms with Gasteiger partial charge in [-0.3, -0.25) is 4.79 Å². The zero-order valence-electron chi connectivity index (χ0n) is 14.2. The zero-order chi connectivity index (χ0) is 18.7. The fourth-order valence-corrected chi connectivity index (χ4v) is 3.70. The Hall–Kier alpha value is -2.87. The van der Waals surface area contributed by atoms with Crippen LogP contribution in [0.25, 0.3) is 11.4 Å². The van der Waals surface area contributed by atoms with Gasteiger partial charge in [-0.25, -0.2) is 8.60 Å². The van der Waals surface area contributed by atoms with Crippen LogP contribution in [0, 0.1) is 12.7 Å². The quantitative estimate of drug-likeness (QED) is 0.700. The van der Waals surface area contributed by atoms with Crippen LogP contribution in [0.3, 0.4) is 0 Å². The van der Waals surface area contributed by atoms with Crippen LogP contribution in [-0.2, 0) is 20.9 Å². The summed E-state index contributed by atoms with van der Waals surface area (Å²) in [7, 11) is -3.14. The van der Waals surface area contributed by atoms with Gasteiger partial charge in [-0.1, -0.05) is 41.6 Å². The minimum atomic E-state index is -3.14. The first-order valence-corrected chi connectivity index (χ1v) is 9.66. The Morgan fingerprint density at radius 1 is 1.19 bits per heavy atom. The van der Waals surface area contributed by atoms with Gasteiger partial charge in [0.15, 0.2) is 0 Å². The van der Waals surface area contributed by atoms with Gasteiger partial charge in [-0.05, 0) is 17.7 Å². The van der Waals surface area contributed by atoms with Crippen LogP contribution in [0.4, 0.5) is 4.39 Å². The van der Waals surface area contributed by atoms with Crippen LogP contribution in [0.1, 0.15) is 11.5 Å². The molecule has 1 aromatic heterocycles. The number of carbonyl (C=O) groups excluding carboxylic acids is 1. The third kappa shape index (κ3) is 4.02. The smallest absolute Gasteiger partial charge is 0.258 e. The molecule has 2 aromatic carbocycles. The lowest BCUT2D eigenvalue weighted by Gasteiger charge is -2.05. The Morgan fingerprint density at radius 3 is 2.50 bits per heavy atom. The van der Waals surface area contributed by atoms with Crippen LogP contribution in [0.2, 0.25) is 0 Å². The topological polar surface area (TPSA) is 85.4 Å². The highest BCUT2D eigenvalue weighted by molar-refractivity contribution is 7.93. The first-order valence-electron chi connectivity index (χ1n) is 7.74. The van der Waals surface area contributed by atoms with Gasteiger partial charge < -0.3 is 4.52 Å². The Kier molecular flexibility index (Phi) is 4.94. The molecule has 0 N–H and O–H groups in total. The van der Waals surface area contributed by atoms with Gasteiger partial charge >= 0.3 is 0 Å². The Labute approximate surface area is 150 Å². The predicted molar refractivity (Wildman–Crippen MR) is 94.3 cm³/mol. The second-order valence-electron chi connectivity index (χ2n) is 5.73. The first-order chi connectivity index (χ1) is 12.3. The molecule has 0 aliphatic rings. The van der Waals surface area contributed by atoms with E-state index < -0.39 is 21.5 Å². The molecule has 0 aliphatic carbocycles. The van der Waals surface area contributed by atoms with E-state index in [-0.39, 0.29) is 11.3 Å². The van der Waals surface area contributed by atoms with Gasteiger partial charge in [-0.2, -0.15) is 9.35 Å². The van der Waals surface area contributed by atoms with E-state index in [0.29, 0.717) is 17.3 Å². The molecule has 0 saturated heterocycles. The summed E-state index contributed by atoms with van der Waals surface area (Å²) in [5, 5.41) is 3.82. The number of carbonyl (C=O) groups is 1. The molecule has 0 fully saturated rings. The van der Waals surface area contributed by atoms with Crippen LogP contribution >= 0.6 is 0 Å². The summed E-state index contributed by atoms with van der Waals surface area (Å²) in [6.45, 7) is 1.70. The number of benzene rings is 2. The van der Waals surface area contributed by atoms with Gasteiger partial charge in [0, 0.05) is 18.7 Å². The molecule has 8 heteroatoms. The van der Waals surface area contributed by atoms with Crippen molar-refractivity contribution in [3.63, 3.8) is 0 Å². The fourth-order valence-electron chi connectivity index (χ4n) is 2.39. The van der Waals surface area contributed by atoms with Crippen molar-refractivity contribution < 1.29 is 17.9 Å². The maximum absolute atomic E-state index is 13.8. The van der Waals surface area contributed by atoms with Gasteiger partial charge in [0.05, 0.1) is 21.0 Å². The van der Waals surface area contributed by atoms with Gasteiger partial charge in [0.1, 0.15) is 5.82 Å². The molecule has 0 spiro atoms. The van der Waals surface area contributed by atoms with Crippen LogP contribution < -0.4 is 0 Å². The number of rotatable bonds is 4. The molecule has 1 atom stereocenters. The molecule has 0 saturated carbocycles. The van der Waals surface area contributed by atoms with Crippen molar-refractivity contribution in [1.29, 1.82) is 0 Å². The SMILES string of the molecule is Cc1nc(-c2ccc(CC(=O)N=S(C)(=O)c3ccccc3F)cc2)no1. The normalized spacial score (nSPS) is 13.2. The fraction of sp³-hybridized carbons (Fsp3) is 0.167. The molecular formula is C18H16FN3O3S. The van der Waals surface area contributed by atoms with Gasteiger partial charge in [0.2, 0.25) is 11.7 Å². The number of hydrogen-bond acceptors (Lipinski definition) is 5. The third-order valence-electron chi connectivity index (χ3n) is 3.62. The predicted octanol–water partition coefficient (Wildman–Crippen LogP) is 3.41. The molecule has 1 amide bonds. The average Bonchev–Trinajstić information content (AvgIpc) is 3.01. The monoisotopic (exact) mass is 373 g/mol. The van der Waals surface area contributed by atoms with Crippen molar-refractivity contribution in [3.8, 4) is 11.4 Å². The molecule has 0 radical (unpaired) electrons. The van der Waals surface area contributed by atoms with Crippen molar-refractivity contribution in [1.82, 2.24) is 10.1 Å². The molecule has 134 valence electrons. The number of aryl methyl sites for hydroxylation is 1. The van der Waals surface area contributed by atoms with E-state index in [1.54, 1.807) is 37.3 Å². The highest BCUT2D eigenvalue weighted by Crippen LogP contribution is 2.18. The van der Waals surface area contributed by atoms with E-state index in [1.807, 2.05) is 0 Å². The van der Waals surface area contributed by atoms with Crippen molar-refractivity contribution in [2.45, 2.75) is 18.2 Å². The van der Waals surface area contributed by atoms with Crippen molar-refractivity contribution >= 4 is 15.6 Å². The lowest BCUT2D eigenvalue weighted by atomic mass is 10.1. The molecule has 3 rings (SSSR count). The van der Waals surface area contributed by atoms with Crippen molar-refractivity contribution in [2.75, 3.05) is 6.26 Å². The Balaban J connectivity index is 1.77. The molecule has 0 aliphatic heterocycles. The highest BCUT2D eigenvalue weighted by atomic mass is 32.2.